The van der Waals surface area contributed by atoms with Gasteiger partial charge in [0.2, 0.25) is 5.91 Å². The Balaban J connectivity index is 1.69. The highest BCUT2D eigenvalue weighted by atomic mass is 32.2. The van der Waals surface area contributed by atoms with E-state index in [1.807, 2.05) is 42.5 Å². The number of nitrogens with zero attached hydrogens (tertiary/aromatic N) is 1. The average molecular weight is 386 g/mol. The van der Waals surface area contributed by atoms with Gasteiger partial charge < -0.3 is 19.7 Å². The third-order valence-electron chi connectivity index (χ3n) is 4.15. The lowest BCUT2D eigenvalue weighted by molar-refractivity contribution is -0.113. The Morgan fingerprint density at radius 1 is 1.15 bits per heavy atom. The van der Waals surface area contributed by atoms with E-state index >= 15 is 0 Å². The fraction of sp³-hybridized carbons (Fsp3) is 0.300. The van der Waals surface area contributed by atoms with Crippen molar-refractivity contribution in [3.8, 4) is 0 Å². The first-order valence-corrected chi connectivity index (χ1v) is 9.68. The van der Waals surface area contributed by atoms with Crippen LogP contribution in [0.15, 0.2) is 53.4 Å². The number of nitrogens with one attached hydrogen (secondary N) is 1. The summed E-state index contributed by atoms with van der Waals surface area (Å²) in [6, 6.07) is 15.1. The molecule has 1 saturated heterocycles. The Labute approximate surface area is 162 Å². The second-order valence-corrected chi connectivity index (χ2v) is 7.02. The van der Waals surface area contributed by atoms with Crippen LogP contribution in [0, 0.1) is 0 Å². The molecule has 142 valence electrons. The highest BCUT2D eigenvalue weighted by Gasteiger charge is 2.20. The molecular weight excluding hydrogens is 364 g/mol. The Morgan fingerprint density at radius 2 is 1.89 bits per heavy atom. The van der Waals surface area contributed by atoms with Gasteiger partial charge in [-0.3, -0.25) is 4.79 Å². The van der Waals surface area contributed by atoms with Crippen LogP contribution >= 0.6 is 11.8 Å². The van der Waals surface area contributed by atoms with Crippen molar-refractivity contribution in [1.29, 1.82) is 0 Å². The Hall–Kier alpha value is -2.51. The first-order valence-electron chi connectivity index (χ1n) is 8.70. The molecule has 7 heteroatoms. The van der Waals surface area contributed by atoms with Crippen LogP contribution < -0.4 is 10.2 Å². The van der Waals surface area contributed by atoms with Crippen LogP contribution in [0.4, 0.5) is 11.4 Å². The predicted molar refractivity (Wildman–Crippen MR) is 107 cm³/mol. The number of benzene rings is 2. The van der Waals surface area contributed by atoms with Crippen molar-refractivity contribution in [1.82, 2.24) is 0 Å². The Bertz CT molecular complexity index is 792. The molecular formula is C20H22N2O4S. The van der Waals surface area contributed by atoms with Crippen molar-refractivity contribution in [3.63, 3.8) is 0 Å². The summed E-state index contributed by atoms with van der Waals surface area (Å²) in [6.07, 6.45) is 0. The maximum absolute atomic E-state index is 12.2. The number of carbonyl (C=O) groups excluding carboxylic acids is 2. The van der Waals surface area contributed by atoms with E-state index in [9.17, 15) is 9.59 Å². The first kappa shape index (κ1) is 19.3. The molecule has 0 atom stereocenters. The summed E-state index contributed by atoms with van der Waals surface area (Å²) in [4.78, 5) is 27.6. The number of hydrogen-bond acceptors (Lipinski definition) is 6. The van der Waals surface area contributed by atoms with Crippen LogP contribution in [0.2, 0.25) is 0 Å². The zero-order valence-corrected chi connectivity index (χ0v) is 16.0. The summed E-state index contributed by atoms with van der Waals surface area (Å²) >= 11 is 1.46. The molecule has 1 aliphatic heterocycles. The largest absolute Gasteiger partial charge is 0.465 e. The normalized spacial score (nSPS) is 13.9. The van der Waals surface area contributed by atoms with E-state index in [0.29, 0.717) is 43.3 Å². The maximum atomic E-state index is 12.2. The SMILES string of the molecule is COC(=O)c1cc(NC(=O)CSc2ccccc2)ccc1N1CCOCC1. The number of amides is 1. The molecule has 1 aliphatic rings. The van der Waals surface area contributed by atoms with Crippen molar-refractivity contribution in [2.24, 2.45) is 0 Å². The minimum absolute atomic E-state index is 0.126. The van der Waals surface area contributed by atoms with Gasteiger partial charge in [-0.25, -0.2) is 4.79 Å². The zero-order chi connectivity index (χ0) is 19.1. The summed E-state index contributed by atoms with van der Waals surface area (Å²) in [5.74, 6) is -0.256. The van der Waals surface area contributed by atoms with E-state index < -0.39 is 5.97 Å². The number of esters is 1. The predicted octanol–water partition coefficient (Wildman–Crippen LogP) is 3.04. The van der Waals surface area contributed by atoms with Gasteiger partial charge in [0.1, 0.15) is 0 Å². The number of rotatable bonds is 6. The lowest BCUT2D eigenvalue weighted by atomic mass is 10.1. The van der Waals surface area contributed by atoms with Crippen LogP contribution in [0.25, 0.3) is 0 Å². The molecule has 0 aliphatic carbocycles. The third kappa shape index (κ3) is 5.24. The molecule has 1 amide bonds. The van der Waals surface area contributed by atoms with Gasteiger partial charge in [0.15, 0.2) is 0 Å². The van der Waals surface area contributed by atoms with Crippen LogP contribution in [-0.4, -0.2) is 51.0 Å². The van der Waals surface area contributed by atoms with E-state index in [2.05, 4.69) is 10.2 Å². The van der Waals surface area contributed by atoms with Gasteiger partial charge in [-0.15, -0.1) is 11.8 Å². The number of thioether (sulfide) groups is 1. The summed E-state index contributed by atoms with van der Waals surface area (Å²) < 4.78 is 10.3. The number of ether oxygens (including phenoxy) is 2. The highest BCUT2D eigenvalue weighted by Crippen LogP contribution is 2.26. The van der Waals surface area contributed by atoms with E-state index in [1.165, 1.54) is 18.9 Å². The van der Waals surface area contributed by atoms with Crippen LogP contribution in [0.3, 0.4) is 0 Å². The van der Waals surface area contributed by atoms with Gasteiger partial charge in [0.25, 0.3) is 0 Å². The van der Waals surface area contributed by atoms with E-state index in [0.717, 1.165) is 10.6 Å². The summed E-state index contributed by atoms with van der Waals surface area (Å²) in [5, 5.41) is 2.85. The molecule has 0 unspecified atom stereocenters. The molecule has 0 saturated carbocycles. The van der Waals surface area contributed by atoms with Crippen molar-refractivity contribution >= 4 is 35.0 Å². The lowest BCUT2D eigenvalue weighted by Gasteiger charge is -2.30. The molecule has 3 rings (SSSR count). The quantitative estimate of drug-likeness (QED) is 0.608. The number of morpholine rings is 1. The van der Waals surface area contributed by atoms with Crippen LogP contribution in [-0.2, 0) is 14.3 Å². The van der Waals surface area contributed by atoms with Gasteiger partial charge in [-0.05, 0) is 30.3 Å². The molecule has 27 heavy (non-hydrogen) atoms. The minimum Gasteiger partial charge on any atom is -0.465 e. The standard InChI is InChI=1S/C20H22N2O4S/c1-25-20(24)17-13-15(7-8-18(17)22-9-11-26-12-10-22)21-19(23)14-27-16-5-3-2-4-6-16/h2-8,13H,9-12,14H2,1H3,(H,21,23). The molecule has 0 bridgehead atoms. The zero-order valence-electron chi connectivity index (χ0n) is 15.1. The minimum atomic E-state index is -0.425. The van der Waals surface area contributed by atoms with Crippen molar-refractivity contribution in [2.45, 2.75) is 4.90 Å². The summed E-state index contributed by atoms with van der Waals surface area (Å²) in [5.41, 5.74) is 1.81. The van der Waals surface area contributed by atoms with Crippen LogP contribution in [0.1, 0.15) is 10.4 Å². The number of methoxy groups -OCH3 is 1. The maximum Gasteiger partial charge on any atom is 0.340 e. The summed E-state index contributed by atoms with van der Waals surface area (Å²) in [7, 11) is 1.35. The molecule has 0 radical (unpaired) electrons. The number of anilines is 2. The molecule has 2 aromatic carbocycles. The van der Waals surface area contributed by atoms with Gasteiger partial charge >= 0.3 is 5.97 Å². The molecule has 0 spiro atoms. The Kier molecular flexibility index (Phi) is 6.73. The molecule has 0 aromatic heterocycles. The number of carbonyl (C=O) groups is 2. The van der Waals surface area contributed by atoms with Crippen molar-refractivity contribution < 1.29 is 19.1 Å². The topological polar surface area (TPSA) is 67.9 Å². The molecule has 1 N–H and O–H groups in total. The highest BCUT2D eigenvalue weighted by molar-refractivity contribution is 8.00. The second-order valence-electron chi connectivity index (χ2n) is 5.97. The van der Waals surface area contributed by atoms with Gasteiger partial charge in [-0.1, -0.05) is 18.2 Å². The van der Waals surface area contributed by atoms with E-state index in [-0.39, 0.29) is 5.91 Å². The monoisotopic (exact) mass is 386 g/mol. The van der Waals surface area contributed by atoms with Crippen molar-refractivity contribution in [2.75, 3.05) is 49.4 Å². The summed E-state index contributed by atoms with van der Waals surface area (Å²) in [6.45, 7) is 2.67. The lowest BCUT2D eigenvalue weighted by Crippen LogP contribution is -2.37. The molecule has 1 fully saturated rings. The Morgan fingerprint density at radius 3 is 2.59 bits per heavy atom. The van der Waals surface area contributed by atoms with E-state index in [4.69, 9.17) is 9.47 Å². The smallest absolute Gasteiger partial charge is 0.340 e. The van der Waals surface area contributed by atoms with Crippen molar-refractivity contribution in [3.05, 3.63) is 54.1 Å². The third-order valence-corrected chi connectivity index (χ3v) is 5.16. The molecule has 1 heterocycles. The number of hydrogen-bond donors (Lipinski definition) is 1. The average Bonchev–Trinajstić information content (AvgIpc) is 2.73. The second kappa shape index (κ2) is 9.43. The van der Waals surface area contributed by atoms with E-state index in [1.54, 1.807) is 6.07 Å². The molecule has 6 nitrogen and oxygen atoms in total. The molecule has 2 aromatic rings. The fourth-order valence-electron chi connectivity index (χ4n) is 2.83. The van der Waals surface area contributed by atoms with Gasteiger partial charge in [-0.2, -0.15) is 0 Å². The van der Waals surface area contributed by atoms with Crippen LogP contribution in [0.5, 0.6) is 0 Å². The fourth-order valence-corrected chi connectivity index (χ4v) is 3.55. The first-order chi connectivity index (χ1) is 13.2. The van der Waals surface area contributed by atoms with Gasteiger partial charge in [0.05, 0.1) is 37.3 Å². The van der Waals surface area contributed by atoms with Gasteiger partial charge in [0, 0.05) is 23.7 Å².